The molecule has 272 valence electrons. The molecule has 3 aromatic rings. The lowest BCUT2D eigenvalue weighted by molar-refractivity contribution is -0.219. The van der Waals surface area contributed by atoms with Crippen LogP contribution < -0.4 is 14.4 Å². The van der Waals surface area contributed by atoms with Crippen LogP contribution in [0, 0.1) is 18.3 Å². The highest BCUT2D eigenvalue weighted by atomic mass is 32.2. The number of amides is 1. The SMILES string of the molecule is Cc1nn(C)cc1S(=O)(=O)NC(=O)c1ccc(-n2ccc(OCC(C)(C)C(F)(F)F)n2)nc1N1CC(CO[Si](C)(C)C(C)(C)C)CC1(C)C. The minimum absolute atomic E-state index is 0.0171. The summed E-state index contributed by atoms with van der Waals surface area (Å²) in [6.45, 7) is 18.9. The molecule has 3 aromatic heterocycles. The van der Waals surface area contributed by atoms with Crippen molar-refractivity contribution in [2.75, 3.05) is 24.7 Å². The molecule has 1 atom stereocenters. The van der Waals surface area contributed by atoms with Gasteiger partial charge in [-0.2, -0.15) is 18.3 Å². The van der Waals surface area contributed by atoms with Gasteiger partial charge in [-0.05, 0) is 71.3 Å². The number of aryl methyl sites for hydroxylation is 2. The van der Waals surface area contributed by atoms with Crippen molar-refractivity contribution in [2.45, 2.75) is 96.6 Å². The van der Waals surface area contributed by atoms with Crippen LogP contribution in [0.3, 0.4) is 0 Å². The molecule has 1 aliphatic heterocycles. The van der Waals surface area contributed by atoms with Crippen molar-refractivity contribution < 1.29 is 35.5 Å². The Hall–Kier alpha value is -3.44. The predicted octanol–water partition coefficient (Wildman–Crippen LogP) is 6.02. The predicted molar refractivity (Wildman–Crippen MR) is 182 cm³/mol. The van der Waals surface area contributed by atoms with Crippen LogP contribution in [0.4, 0.5) is 19.0 Å². The van der Waals surface area contributed by atoms with Gasteiger partial charge < -0.3 is 14.1 Å². The quantitative estimate of drug-likeness (QED) is 0.236. The van der Waals surface area contributed by atoms with E-state index >= 15 is 0 Å². The van der Waals surface area contributed by atoms with Crippen LogP contribution in [0.25, 0.3) is 5.82 Å². The molecule has 0 bridgehead atoms. The van der Waals surface area contributed by atoms with Crippen molar-refractivity contribution in [3.05, 3.63) is 41.9 Å². The number of alkyl halides is 3. The summed E-state index contributed by atoms with van der Waals surface area (Å²) in [5.74, 6) is -0.352. The number of hydrogen-bond donors (Lipinski definition) is 1. The number of carbonyl (C=O) groups is 1. The van der Waals surface area contributed by atoms with E-state index in [0.29, 0.717) is 13.2 Å². The molecule has 4 heterocycles. The van der Waals surface area contributed by atoms with Crippen molar-refractivity contribution in [1.82, 2.24) is 29.3 Å². The second kappa shape index (κ2) is 13.0. The van der Waals surface area contributed by atoms with Gasteiger partial charge in [0.2, 0.25) is 5.88 Å². The number of pyridine rings is 1. The summed E-state index contributed by atoms with van der Waals surface area (Å²) in [5.41, 5.74) is -2.36. The van der Waals surface area contributed by atoms with Gasteiger partial charge in [-0.25, -0.2) is 22.8 Å². The number of sulfonamides is 1. The number of anilines is 1. The summed E-state index contributed by atoms with van der Waals surface area (Å²) < 4.78 is 83.5. The summed E-state index contributed by atoms with van der Waals surface area (Å²) in [4.78, 5) is 20.4. The van der Waals surface area contributed by atoms with Crippen LogP contribution in [0.5, 0.6) is 5.88 Å². The zero-order chi connectivity index (χ0) is 37.0. The Balaban J connectivity index is 1.69. The Morgan fingerprint density at radius 2 is 1.76 bits per heavy atom. The maximum atomic E-state index is 13.8. The zero-order valence-electron chi connectivity index (χ0n) is 30.1. The van der Waals surface area contributed by atoms with Crippen molar-refractivity contribution in [3.63, 3.8) is 0 Å². The van der Waals surface area contributed by atoms with Gasteiger partial charge in [-0.3, -0.25) is 9.48 Å². The number of nitrogens with one attached hydrogen (secondary N) is 1. The summed E-state index contributed by atoms with van der Waals surface area (Å²) in [6.07, 6.45) is -0.947. The number of ether oxygens (including phenoxy) is 1. The van der Waals surface area contributed by atoms with Crippen molar-refractivity contribution in [3.8, 4) is 11.7 Å². The van der Waals surface area contributed by atoms with Crippen LogP contribution >= 0.6 is 0 Å². The second-order valence-electron chi connectivity index (χ2n) is 15.6. The Bertz CT molecular complexity index is 1800. The average molecular weight is 728 g/mol. The summed E-state index contributed by atoms with van der Waals surface area (Å²) in [6, 6.07) is 4.37. The zero-order valence-corrected chi connectivity index (χ0v) is 31.9. The number of hydrogen-bond acceptors (Lipinski definition) is 9. The highest BCUT2D eigenvalue weighted by Gasteiger charge is 2.48. The average Bonchev–Trinajstić information content (AvgIpc) is 3.65. The lowest BCUT2D eigenvalue weighted by Crippen LogP contribution is -2.42. The molecule has 0 saturated carbocycles. The molecule has 12 nitrogen and oxygen atoms in total. The molecule has 1 saturated heterocycles. The third kappa shape index (κ3) is 8.31. The molecule has 17 heteroatoms. The minimum Gasteiger partial charge on any atom is -0.476 e. The van der Waals surface area contributed by atoms with Crippen LogP contribution in [0.2, 0.25) is 18.1 Å². The highest BCUT2D eigenvalue weighted by molar-refractivity contribution is 7.90. The molecule has 0 aromatic carbocycles. The molecule has 1 fully saturated rings. The van der Waals surface area contributed by atoms with Gasteiger partial charge in [0.25, 0.3) is 15.9 Å². The summed E-state index contributed by atoms with van der Waals surface area (Å²) in [5, 5.41) is 8.38. The first-order valence-corrected chi connectivity index (χ1v) is 20.4. The van der Waals surface area contributed by atoms with E-state index < -0.39 is 48.0 Å². The Labute approximate surface area is 287 Å². The summed E-state index contributed by atoms with van der Waals surface area (Å²) in [7, 11) is -4.75. The number of carbonyl (C=O) groups excluding carboxylic acids is 1. The van der Waals surface area contributed by atoms with Crippen LogP contribution in [0.1, 0.15) is 70.9 Å². The van der Waals surface area contributed by atoms with E-state index in [1.807, 2.05) is 18.7 Å². The molecule has 1 unspecified atom stereocenters. The lowest BCUT2D eigenvalue weighted by atomic mass is 9.94. The second-order valence-corrected chi connectivity index (χ2v) is 22.0. The van der Waals surface area contributed by atoms with Gasteiger partial charge >= 0.3 is 6.18 Å². The first-order valence-electron chi connectivity index (χ1n) is 16.0. The molecular weight excluding hydrogens is 680 g/mol. The smallest absolute Gasteiger partial charge is 0.397 e. The number of rotatable bonds is 11. The normalized spacial score (nSPS) is 17.4. The van der Waals surface area contributed by atoms with Gasteiger partial charge in [0, 0.05) is 50.1 Å². The monoisotopic (exact) mass is 727 g/mol. The molecule has 4 rings (SSSR count). The third-order valence-electron chi connectivity index (χ3n) is 9.44. The van der Waals surface area contributed by atoms with Gasteiger partial charge in [0.05, 0.1) is 16.7 Å². The van der Waals surface area contributed by atoms with Crippen LogP contribution in [0.15, 0.2) is 35.5 Å². The highest BCUT2D eigenvalue weighted by Crippen LogP contribution is 2.41. The van der Waals surface area contributed by atoms with Gasteiger partial charge in [0.15, 0.2) is 14.1 Å². The maximum absolute atomic E-state index is 13.8. The van der Waals surface area contributed by atoms with E-state index in [0.717, 1.165) is 20.3 Å². The van der Waals surface area contributed by atoms with E-state index in [4.69, 9.17) is 14.1 Å². The fraction of sp³-hybridized carbons (Fsp3) is 0.625. The van der Waals surface area contributed by atoms with E-state index in [-0.39, 0.29) is 44.6 Å². The van der Waals surface area contributed by atoms with E-state index in [1.54, 1.807) is 7.05 Å². The Morgan fingerprint density at radius 3 is 2.33 bits per heavy atom. The number of halogens is 3. The van der Waals surface area contributed by atoms with E-state index in [2.05, 4.69) is 48.8 Å². The first kappa shape index (κ1) is 38.4. The third-order valence-corrected chi connectivity index (χ3v) is 15.4. The van der Waals surface area contributed by atoms with Gasteiger partial charge in [0.1, 0.15) is 17.3 Å². The molecule has 1 aliphatic rings. The molecule has 1 amide bonds. The van der Waals surface area contributed by atoms with Crippen molar-refractivity contribution >= 4 is 30.1 Å². The Kier molecular flexibility index (Phi) is 10.2. The maximum Gasteiger partial charge on any atom is 0.397 e. The lowest BCUT2D eigenvalue weighted by Gasteiger charge is -2.37. The molecular formula is C32H48F3N7O5SSi. The van der Waals surface area contributed by atoms with Gasteiger partial charge in [-0.1, -0.05) is 20.8 Å². The first-order chi connectivity index (χ1) is 22.2. The Morgan fingerprint density at radius 1 is 1.10 bits per heavy atom. The molecule has 0 spiro atoms. The van der Waals surface area contributed by atoms with Crippen molar-refractivity contribution in [2.24, 2.45) is 18.4 Å². The molecule has 49 heavy (non-hydrogen) atoms. The standard InChI is InChI=1S/C32H48F3N7O5SSi/c1-21-24(18-40(9)37-21)48(44,45)39-28(43)23-12-13-25(42-15-14-26(38-42)46-20-30(5,6)32(33,34)35)36-27(23)41-17-22(16-31(41,7)8)19-47-49(10,11)29(2,3)4/h12-15,18,22H,16-17,19-20H2,1-11H3,(H,39,43). The molecule has 1 N–H and O–H groups in total. The largest absolute Gasteiger partial charge is 0.476 e. The molecule has 0 radical (unpaired) electrons. The fourth-order valence-electron chi connectivity index (χ4n) is 5.28. The number of aromatic nitrogens is 5. The van der Waals surface area contributed by atoms with E-state index in [9.17, 15) is 26.4 Å². The number of nitrogens with zero attached hydrogens (tertiary/aromatic N) is 6. The van der Waals surface area contributed by atoms with E-state index in [1.165, 1.54) is 46.9 Å². The summed E-state index contributed by atoms with van der Waals surface area (Å²) >= 11 is 0. The topological polar surface area (TPSA) is 133 Å². The van der Waals surface area contributed by atoms with Crippen molar-refractivity contribution in [1.29, 1.82) is 0 Å². The van der Waals surface area contributed by atoms with Gasteiger partial charge in [-0.15, -0.1) is 5.10 Å². The van der Waals surface area contributed by atoms with Crippen LogP contribution in [-0.4, -0.2) is 78.7 Å². The fourth-order valence-corrected chi connectivity index (χ4v) is 7.56. The molecule has 0 aliphatic carbocycles. The minimum atomic E-state index is -4.47. The van der Waals surface area contributed by atoms with Crippen LogP contribution in [-0.2, 0) is 21.5 Å².